The van der Waals surface area contributed by atoms with Crippen LogP contribution >= 0.6 is 0 Å². The lowest BCUT2D eigenvalue weighted by Gasteiger charge is -2.56. The second-order valence-corrected chi connectivity index (χ2v) is 10.8. The second-order valence-electron chi connectivity index (χ2n) is 10.8. The highest BCUT2D eigenvalue weighted by Crippen LogP contribution is 2.61. The molecule has 7 nitrogen and oxygen atoms in total. The van der Waals surface area contributed by atoms with Gasteiger partial charge in [0.15, 0.2) is 5.82 Å². The van der Waals surface area contributed by atoms with E-state index < -0.39 is 0 Å². The van der Waals surface area contributed by atoms with Gasteiger partial charge >= 0.3 is 0 Å². The van der Waals surface area contributed by atoms with Crippen molar-refractivity contribution in [2.45, 2.75) is 58.8 Å². The lowest BCUT2D eigenvalue weighted by atomic mass is 9.49. The van der Waals surface area contributed by atoms with Gasteiger partial charge in [-0.05, 0) is 106 Å². The highest BCUT2D eigenvalue weighted by atomic mass is 16.5. The Morgan fingerprint density at radius 3 is 2.24 bits per heavy atom. The zero-order valence-electron chi connectivity index (χ0n) is 19.8. The molecule has 176 valence electrons. The number of imidazole rings is 1. The minimum atomic E-state index is 0.141. The van der Waals surface area contributed by atoms with Gasteiger partial charge in [-0.25, -0.2) is 4.98 Å². The van der Waals surface area contributed by atoms with Crippen LogP contribution in [0.25, 0.3) is 5.82 Å². The molecule has 0 unspecified atom stereocenters. The summed E-state index contributed by atoms with van der Waals surface area (Å²) in [6, 6.07) is 11.1. The molecule has 4 aliphatic carbocycles. The quantitative estimate of drug-likeness (QED) is 0.520. The van der Waals surface area contributed by atoms with Crippen molar-refractivity contribution in [1.82, 2.24) is 19.7 Å². The summed E-state index contributed by atoms with van der Waals surface area (Å²) in [7, 11) is 0. The number of aryl methyl sites for hydroxylation is 1. The molecule has 7 rings (SSSR count). The van der Waals surface area contributed by atoms with Gasteiger partial charge in [-0.3, -0.25) is 9.36 Å². The minimum Gasteiger partial charge on any atom is -0.438 e. The number of anilines is 1. The molecular weight excluding hydrogens is 426 g/mol. The van der Waals surface area contributed by atoms with Crippen molar-refractivity contribution >= 4 is 11.6 Å². The first-order valence-electron chi connectivity index (χ1n) is 12.4. The van der Waals surface area contributed by atoms with Gasteiger partial charge in [0.1, 0.15) is 12.1 Å². The molecule has 2 aromatic heterocycles. The Hall–Kier alpha value is -3.22. The summed E-state index contributed by atoms with van der Waals surface area (Å²) in [4.78, 5) is 17.2. The van der Waals surface area contributed by atoms with Crippen molar-refractivity contribution in [2.24, 2.45) is 23.2 Å². The minimum absolute atomic E-state index is 0.141. The highest BCUT2D eigenvalue weighted by molar-refractivity contribution is 5.91. The van der Waals surface area contributed by atoms with Gasteiger partial charge in [0, 0.05) is 23.9 Å². The van der Waals surface area contributed by atoms with Crippen molar-refractivity contribution in [3.8, 4) is 17.4 Å². The average molecular weight is 458 g/mol. The predicted molar refractivity (Wildman–Crippen MR) is 129 cm³/mol. The molecule has 4 fully saturated rings. The number of rotatable bonds is 6. The van der Waals surface area contributed by atoms with Gasteiger partial charge in [-0.2, -0.15) is 0 Å². The van der Waals surface area contributed by atoms with Gasteiger partial charge in [-0.15, -0.1) is 10.2 Å². The van der Waals surface area contributed by atoms with E-state index in [1.54, 1.807) is 12.4 Å². The fourth-order valence-corrected chi connectivity index (χ4v) is 7.00. The number of hydrogen-bond donors (Lipinski definition) is 1. The van der Waals surface area contributed by atoms with Crippen molar-refractivity contribution < 1.29 is 9.53 Å². The Bertz CT molecular complexity index is 1160. The number of benzene rings is 1. The van der Waals surface area contributed by atoms with Crippen molar-refractivity contribution in [3.63, 3.8) is 0 Å². The van der Waals surface area contributed by atoms with Crippen LogP contribution in [-0.4, -0.2) is 25.7 Å². The van der Waals surface area contributed by atoms with Gasteiger partial charge in [0.2, 0.25) is 11.8 Å². The van der Waals surface area contributed by atoms with E-state index in [4.69, 9.17) is 4.74 Å². The van der Waals surface area contributed by atoms with E-state index in [2.05, 4.69) is 20.5 Å². The molecule has 1 amide bonds. The summed E-state index contributed by atoms with van der Waals surface area (Å²) in [5.41, 5.74) is 3.05. The maximum Gasteiger partial charge on any atom is 0.238 e. The number of carbonyl (C=O) groups excluding carboxylic acids is 1. The van der Waals surface area contributed by atoms with E-state index in [-0.39, 0.29) is 11.3 Å². The molecule has 34 heavy (non-hydrogen) atoms. The number of carbonyl (C=O) groups is 1. The molecule has 7 heteroatoms. The largest absolute Gasteiger partial charge is 0.438 e. The van der Waals surface area contributed by atoms with Crippen LogP contribution in [0.5, 0.6) is 11.6 Å². The summed E-state index contributed by atoms with van der Waals surface area (Å²) in [5, 5.41) is 11.5. The zero-order valence-corrected chi connectivity index (χ0v) is 19.8. The second kappa shape index (κ2) is 8.22. The molecule has 4 aliphatic rings. The van der Waals surface area contributed by atoms with E-state index in [0.29, 0.717) is 23.9 Å². The lowest BCUT2D eigenvalue weighted by Crippen LogP contribution is -2.47. The molecule has 0 spiro atoms. The molecule has 0 radical (unpaired) electrons. The van der Waals surface area contributed by atoms with Crippen molar-refractivity contribution in [2.75, 3.05) is 5.32 Å². The first-order chi connectivity index (χ1) is 16.4. The van der Waals surface area contributed by atoms with Crippen LogP contribution in [0.15, 0.2) is 42.7 Å². The number of nitrogens with one attached hydrogen (secondary N) is 1. The van der Waals surface area contributed by atoms with Crippen molar-refractivity contribution in [1.29, 1.82) is 0 Å². The topological polar surface area (TPSA) is 81.9 Å². The van der Waals surface area contributed by atoms with Crippen molar-refractivity contribution in [3.05, 3.63) is 54.1 Å². The molecule has 4 saturated carbocycles. The number of nitrogens with zero attached hydrogens (tertiary/aromatic N) is 4. The Morgan fingerprint density at radius 1 is 1.00 bits per heavy atom. The maximum absolute atomic E-state index is 12.9. The summed E-state index contributed by atoms with van der Waals surface area (Å²) >= 11 is 0. The average Bonchev–Trinajstić information content (AvgIpc) is 3.12. The third-order valence-electron chi connectivity index (χ3n) is 8.19. The van der Waals surface area contributed by atoms with E-state index in [9.17, 15) is 4.79 Å². The summed E-state index contributed by atoms with van der Waals surface area (Å²) in [5.74, 6) is 4.49. The number of ether oxygens (including phenoxy) is 1. The van der Waals surface area contributed by atoms with Crippen LogP contribution in [0.1, 0.15) is 56.3 Å². The smallest absolute Gasteiger partial charge is 0.238 e. The van der Waals surface area contributed by atoms with Gasteiger partial charge in [0.05, 0.1) is 5.69 Å². The van der Waals surface area contributed by atoms with E-state index in [0.717, 1.165) is 34.8 Å². The normalized spacial score (nSPS) is 27.1. The Balaban J connectivity index is 1.06. The summed E-state index contributed by atoms with van der Waals surface area (Å²) < 4.78 is 7.74. The zero-order chi connectivity index (χ0) is 23.3. The molecule has 0 aliphatic heterocycles. The van der Waals surface area contributed by atoms with E-state index in [1.165, 1.54) is 38.5 Å². The molecule has 1 aromatic carbocycles. The summed E-state index contributed by atoms with van der Waals surface area (Å²) in [6.45, 7) is 3.96. The molecule has 1 N–H and O–H groups in total. The fraction of sp³-hybridized carbons (Fsp3) is 0.481. The summed E-state index contributed by atoms with van der Waals surface area (Å²) in [6.07, 6.45) is 10.4. The van der Waals surface area contributed by atoms with Gasteiger partial charge < -0.3 is 10.1 Å². The lowest BCUT2D eigenvalue weighted by molar-refractivity contribution is -0.124. The van der Waals surface area contributed by atoms with Crippen LogP contribution in [0.4, 0.5) is 5.69 Å². The monoisotopic (exact) mass is 457 g/mol. The fourth-order valence-electron chi connectivity index (χ4n) is 7.00. The third-order valence-corrected chi connectivity index (χ3v) is 8.19. The molecular formula is C27H31N5O2. The first kappa shape index (κ1) is 21.3. The van der Waals surface area contributed by atoms with Crippen LogP contribution in [0.3, 0.4) is 0 Å². The molecule has 0 saturated heterocycles. The Labute approximate surface area is 200 Å². The SMILES string of the molecule is Cc1ncn(-c2ccc(Oc3ccc(NC(=O)CC45CC6CC(CC(C6)C4)C5)cc3)nn2)c1C. The predicted octanol–water partition coefficient (Wildman–Crippen LogP) is 5.62. The van der Waals surface area contributed by atoms with Crippen LogP contribution < -0.4 is 10.1 Å². The number of aromatic nitrogens is 4. The van der Waals surface area contributed by atoms with Gasteiger partial charge in [0.25, 0.3) is 0 Å². The Kier molecular flexibility index (Phi) is 5.15. The van der Waals surface area contributed by atoms with E-state index in [1.807, 2.05) is 48.7 Å². The van der Waals surface area contributed by atoms with E-state index >= 15 is 0 Å². The highest BCUT2D eigenvalue weighted by Gasteiger charge is 2.51. The molecule has 0 atom stereocenters. The van der Waals surface area contributed by atoms with Crippen LogP contribution in [0, 0.1) is 37.0 Å². The maximum atomic E-state index is 12.9. The molecule has 3 aromatic rings. The third kappa shape index (κ3) is 4.08. The van der Waals surface area contributed by atoms with Gasteiger partial charge in [-0.1, -0.05) is 0 Å². The standard InChI is InChI=1S/C27H31N5O2/c1-17-18(2)32(16-28-17)24-7-8-26(31-30-24)34-23-5-3-22(4-6-23)29-25(33)15-27-12-19-9-20(13-27)11-21(10-19)14-27/h3-8,16,19-21H,9-15H2,1-2H3,(H,29,33). The van der Waals surface area contributed by atoms with Crippen LogP contribution in [0.2, 0.25) is 0 Å². The van der Waals surface area contributed by atoms with Crippen LogP contribution in [-0.2, 0) is 4.79 Å². The number of amides is 1. The Morgan fingerprint density at radius 2 is 1.68 bits per heavy atom. The first-order valence-corrected chi connectivity index (χ1v) is 12.4. The number of hydrogen-bond acceptors (Lipinski definition) is 5. The molecule has 2 heterocycles. The molecule has 4 bridgehead atoms.